The molecule has 4 rings (SSSR count). The maximum atomic E-state index is 12.3. The summed E-state index contributed by atoms with van der Waals surface area (Å²) in [5.74, 6) is -0.251. The van der Waals surface area contributed by atoms with Gasteiger partial charge in [-0.15, -0.1) is 0 Å². The summed E-state index contributed by atoms with van der Waals surface area (Å²) in [6.07, 6.45) is 2.92. The molecule has 0 aliphatic heterocycles. The number of carbonyl (C=O) groups is 2. The second-order valence-electron chi connectivity index (χ2n) is 6.95. The van der Waals surface area contributed by atoms with E-state index in [1.165, 1.54) is 6.08 Å². The molecule has 0 aliphatic rings. The highest BCUT2D eigenvalue weighted by atomic mass is 16.5. The molecule has 0 atom stereocenters. The number of nitrogens with two attached hydrogens (primary N) is 1. The molecule has 0 unspecified atom stereocenters. The van der Waals surface area contributed by atoms with Gasteiger partial charge in [-0.3, -0.25) is 9.59 Å². The fraction of sp³-hybridized carbons (Fsp3) is 0.0870. The number of ether oxygens (including phenoxy) is 1. The zero-order chi connectivity index (χ0) is 22.1. The predicted molar refractivity (Wildman–Crippen MR) is 119 cm³/mol. The standard InChI is InChI=1S/C23H21N5O3/c1-4-19(29)26-16-8-6-5-7-15(16)17-12-25-23-20(22(24)30)21(27-28(17)23)14-10-9-13(2)18(11-14)31-3/h4-12,25H,1H2,2-3H3,(H2,24,30)(H,26,29). The molecule has 4 aromatic rings. The van der Waals surface area contributed by atoms with Gasteiger partial charge >= 0.3 is 0 Å². The van der Waals surface area contributed by atoms with E-state index < -0.39 is 5.91 Å². The number of nitrogens with zero attached hydrogens (tertiary/aromatic N) is 2. The molecule has 2 aromatic heterocycles. The van der Waals surface area contributed by atoms with Crippen molar-refractivity contribution in [2.24, 2.45) is 5.73 Å². The average Bonchev–Trinajstić information content (AvgIpc) is 3.33. The molecule has 0 aliphatic carbocycles. The van der Waals surface area contributed by atoms with E-state index in [9.17, 15) is 9.59 Å². The Balaban J connectivity index is 1.93. The predicted octanol–water partition coefficient (Wildman–Crippen LogP) is 3.54. The number of hydrogen-bond acceptors (Lipinski definition) is 4. The van der Waals surface area contributed by atoms with E-state index in [0.29, 0.717) is 34.0 Å². The smallest absolute Gasteiger partial charge is 0.254 e. The average molecular weight is 415 g/mol. The van der Waals surface area contributed by atoms with Crippen LogP contribution in [-0.2, 0) is 4.79 Å². The van der Waals surface area contributed by atoms with Crippen molar-refractivity contribution in [2.45, 2.75) is 6.92 Å². The Labute approximate surface area is 178 Å². The molecule has 0 spiro atoms. The van der Waals surface area contributed by atoms with Crippen molar-refractivity contribution in [2.75, 3.05) is 12.4 Å². The molecule has 2 heterocycles. The number of nitrogens with one attached hydrogen (secondary N) is 2. The number of imidazole rings is 1. The van der Waals surface area contributed by atoms with Gasteiger partial charge in [-0.1, -0.05) is 36.9 Å². The number of anilines is 1. The maximum absolute atomic E-state index is 12.3. The summed E-state index contributed by atoms with van der Waals surface area (Å²) < 4.78 is 7.02. The Bertz CT molecular complexity index is 1330. The molecule has 31 heavy (non-hydrogen) atoms. The molecular formula is C23H21N5O3. The lowest BCUT2D eigenvalue weighted by molar-refractivity contribution is -0.111. The van der Waals surface area contributed by atoms with E-state index in [-0.39, 0.29) is 11.5 Å². The number of methoxy groups -OCH3 is 1. The summed E-state index contributed by atoms with van der Waals surface area (Å²) in [5.41, 5.74) is 10.5. The van der Waals surface area contributed by atoms with Gasteiger partial charge in [0, 0.05) is 17.3 Å². The van der Waals surface area contributed by atoms with Crippen molar-refractivity contribution >= 4 is 23.1 Å². The number of fused-ring (bicyclic) bond motifs is 1. The number of H-pyrrole nitrogens is 1. The van der Waals surface area contributed by atoms with Crippen LogP contribution in [0, 0.1) is 6.92 Å². The van der Waals surface area contributed by atoms with Crippen molar-refractivity contribution in [3.8, 4) is 28.3 Å². The lowest BCUT2D eigenvalue weighted by Crippen LogP contribution is -2.12. The number of aromatic nitrogens is 3. The first kappa shape index (κ1) is 20.0. The van der Waals surface area contributed by atoms with Gasteiger partial charge in [0.2, 0.25) is 5.91 Å². The molecule has 4 N–H and O–H groups in total. The number of rotatable bonds is 6. The fourth-order valence-electron chi connectivity index (χ4n) is 3.52. The first-order valence-electron chi connectivity index (χ1n) is 9.52. The van der Waals surface area contributed by atoms with E-state index in [0.717, 1.165) is 11.1 Å². The van der Waals surface area contributed by atoms with Gasteiger partial charge in [-0.2, -0.15) is 5.10 Å². The third-order valence-electron chi connectivity index (χ3n) is 5.03. The van der Waals surface area contributed by atoms with Crippen LogP contribution in [-0.4, -0.2) is 33.5 Å². The van der Waals surface area contributed by atoms with E-state index in [4.69, 9.17) is 10.5 Å². The topological polar surface area (TPSA) is 115 Å². The lowest BCUT2D eigenvalue weighted by Gasteiger charge is -2.09. The van der Waals surface area contributed by atoms with Gasteiger partial charge in [0.15, 0.2) is 0 Å². The number of benzene rings is 2. The summed E-state index contributed by atoms with van der Waals surface area (Å²) >= 11 is 0. The van der Waals surface area contributed by atoms with Crippen molar-refractivity contribution in [1.29, 1.82) is 0 Å². The Morgan fingerprint density at radius 3 is 2.74 bits per heavy atom. The number of amides is 2. The van der Waals surface area contributed by atoms with Crippen molar-refractivity contribution in [1.82, 2.24) is 14.6 Å². The second-order valence-corrected chi connectivity index (χ2v) is 6.95. The van der Waals surface area contributed by atoms with E-state index >= 15 is 0 Å². The number of primary amides is 1. The summed E-state index contributed by atoms with van der Waals surface area (Å²) in [4.78, 5) is 27.3. The second kappa shape index (κ2) is 7.83. The Morgan fingerprint density at radius 2 is 2.03 bits per heavy atom. The monoisotopic (exact) mass is 415 g/mol. The molecule has 2 amide bonds. The van der Waals surface area contributed by atoms with Crippen LogP contribution in [0.3, 0.4) is 0 Å². The third kappa shape index (κ3) is 3.44. The first-order chi connectivity index (χ1) is 14.9. The summed E-state index contributed by atoms with van der Waals surface area (Å²) in [6, 6.07) is 12.9. The fourth-order valence-corrected chi connectivity index (χ4v) is 3.52. The minimum Gasteiger partial charge on any atom is -0.496 e. The number of aromatic amines is 1. The number of aryl methyl sites for hydroxylation is 1. The Hall–Kier alpha value is -4.33. The molecule has 0 saturated carbocycles. The van der Waals surface area contributed by atoms with Gasteiger partial charge in [-0.25, -0.2) is 4.52 Å². The molecular weight excluding hydrogens is 394 g/mol. The number of hydrogen-bond donors (Lipinski definition) is 3. The molecule has 0 radical (unpaired) electrons. The van der Waals surface area contributed by atoms with Crippen LogP contribution in [0.5, 0.6) is 5.75 Å². The zero-order valence-corrected chi connectivity index (χ0v) is 17.1. The van der Waals surface area contributed by atoms with Crippen LogP contribution in [0.4, 0.5) is 5.69 Å². The Morgan fingerprint density at radius 1 is 1.26 bits per heavy atom. The number of para-hydroxylation sites is 1. The Kier molecular flexibility index (Phi) is 5.04. The maximum Gasteiger partial charge on any atom is 0.254 e. The zero-order valence-electron chi connectivity index (χ0n) is 17.1. The largest absolute Gasteiger partial charge is 0.496 e. The van der Waals surface area contributed by atoms with Gasteiger partial charge in [0.05, 0.1) is 18.5 Å². The molecule has 0 bridgehead atoms. The van der Waals surface area contributed by atoms with Crippen LogP contribution >= 0.6 is 0 Å². The van der Waals surface area contributed by atoms with Crippen LogP contribution in [0.15, 0.2) is 61.3 Å². The molecule has 8 nitrogen and oxygen atoms in total. The first-order valence-corrected chi connectivity index (χ1v) is 9.52. The van der Waals surface area contributed by atoms with E-state index in [2.05, 4.69) is 22.0 Å². The van der Waals surface area contributed by atoms with Gasteiger partial charge in [0.1, 0.15) is 22.7 Å². The normalized spacial score (nSPS) is 10.8. The highest BCUT2D eigenvalue weighted by Crippen LogP contribution is 2.34. The highest BCUT2D eigenvalue weighted by Gasteiger charge is 2.23. The van der Waals surface area contributed by atoms with E-state index in [1.807, 2.05) is 43.3 Å². The minimum atomic E-state index is -0.605. The van der Waals surface area contributed by atoms with Crippen LogP contribution in [0.25, 0.3) is 28.2 Å². The minimum absolute atomic E-state index is 0.268. The van der Waals surface area contributed by atoms with Crippen molar-refractivity contribution in [3.63, 3.8) is 0 Å². The molecule has 0 fully saturated rings. The van der Waals surface area contributed by atoms with E-state index in [1.54, 1.807) is 23.9 Å². The lowest BCUT2D eigenvalue weighted by atomic mass is 10.0. The quantitative estimate of drug-likeness (QED) is 0.418. The SMILES string of the molecule is C=CC(=O)Nc1ccccc1-c1c[nH]c2c(C(N)=O)c(-c3ccc(C)c(OC)c3)nn12. The van der Waals surface area contributed by atoms with Gasteiger partial charge < -0.3 is 20.8 Å². The van der Waals surface area contributed by atoms with Crippen LogP contribution in [0.1, 0.15) is 15.9 Å². The molecule has 8 heteroatoms. The molecule has 0 saturated heterocycles. The molecule has 156 valence electrons. The summed E-state index contributed by atoms with van der Waals surface area (Å²) in [5, 5.41) is 7.47. The van der Waals surface area contributed by atoms with Gasteiger partial charge in [-0.05, 0) is 30.7 Å². The van der Waals surface area contributed by atoms with Gasteiger partial charge in [0.25, 0.3) is 5.91 Å². The van der Waals surface area contributed by atoms with Crippen LogP contribution in [0.2, 0.25) is 0 Å². The number of carbonyl (C=O) groups excluding carboxylic acids is 2. The van der Waals surface area contributed by atoms with Crippen molar-refractivity contribution in [3.05, 3.63) is 72.4 Å². The van der Waals surface area contributed by atoms with Crippen LogP contribution < -0.4 is 15.8 Å². The third-order valence-corrected chi connectivity index (χ3v) is 5.03. The molecule has 2 aromatic carbocycles. The summed E-state index contributed by atoms with van der Waals surface area (Å²) in [6.45, 7) is 5.42. The highest BCUT2D eigenvalue weighted by molar-refractivity contribution is 6.06. The summed E-state index contributed by atoms with van der Waals surface area (Å²) in [7, 11) is 1.59. The van der Waals surface area contributed by atoms with Crippen molar-refractivity contribution < 1.29 is 14.3 Å².